The number of benzene rings is 3. The highest BCUT2D eigenvalue weighted by molar-refractivity contribution is 7.89. The molecule has 3 amide bonds. The first-order valence-electron chi connectivity index (χ1n) is 19.0. The van der Waals surface area contributed by atoms with Gasteiger partial charge in [-0.15, -0.1) is 22.7 Å². The molecule has 11 nitrogen and oxygen atoms in total. The fourth-order valence-electron chi connectivity index (χ4n) is 6.55. The highest BCUT2D eigenvalue weighted by atomic mass is 35.5. The SMILES string of the molecule is CC(C)C[C@H](NC(=O)c1cc2ccccc2s1)C(=O)NC1CCCN(S(=O)(=O)c2ccc(Cl)cc2)CC1.CC(C)C[C@H](NC(=O)c1cc2ccccc2s1)C(=O)O. The number of rotatable bonds is 13. The lowest BCUT2D eigenvalue weighted by molar-refractivity contribution is -0.139. The number of hydrogen-bond acceptors (Lipinski definition) is 8. The predicted octanol–water partition coefficient (Wildman–Crippen LogP) is 8.19. The molecule has 57 heavy (non-hydrogen) atoms. The van der Waals surface area contributed by atoms with Crippen molar-refractivity contribution in [1.29, 1.82) is 0 Å². The Balaban J connectivity index is 0.000000261. The summed E-state index contributed by atoms with van der Waals surface area (Å²) >= 11 is 8.69. The maximum atomic E-state index is 13.3. The number of nitrogens with one attached hydrogen (secondary N) is 3. The molecule has 304 valence electrons. The van der Waals surface area contributed by atoms with Crippen LogP contribution in [0, 0.1) is 11.8 Å². The number of carboxylic acids is 1. The quantitative estimate of drug-likeness (QED) is 0.0929. The van der Waals surface area contributed by atoms with Crippen LogP contribution in [0.1, 0.15) is 79.1 Å². The summed E-state index contributed by atoms with van der Waals surface area (Å²) in [5, 5.41) is 20.2. The molecule has 1 saturated heterocycles. The summed E-state index contributed by atoms with van der Waals surface area (Å²) in [6, 6.07) is 23.6. The molecule has 1 fully saturated rings. The van der Waals surface area contributed by atoms with Crippen LogP contribution in [0.25, 0.3) is 20.2 Å². The molecule has 3 heterocycles. The van der Waals surface area contributed by atoms with E-state index in [4.69, 9.17) is 16.7 Å². The van der Waals surface area contributed by atoms with Crippen LogP contribution in [-0.2, 0) is 19.6 Å². The molecule has 6 rings (SSSR count). The Morgan fingerprint density at radius 2 is 1.26 bits per heavy atom. The van der Waals surface area contributed by atoms with E-state index < -0.39 is 28.1 Å². The van der Waals surface area contributed by atoms with E-state index >= 15 is 0 Å². The standard InChI is InChI=1S/C27H32ClN3O4S2.C15H17NO3S/c1-18(2)16-23(30-27(33)25-17-19-6-3-4-8-24(19)36-25)26(32)29-21-7-5-14-31(15-13-21)37(34,35)22-11-9-20(28)10-12-22;1-9(2)7-11(15(18)19)16-14(17)13-8-10-5-3-4-6-12(10)20-13/h3-4,6,8-12,17-18,21,23H,5,7,13-16H2,1-2H3,(H,29,32)(H,30,33);3-6,8-9,11H,7H2,1-2H3,(H,16,17)(H,18,19)/t21?,23-;11-/m00/s1. The first-order valence-corrected chi connectivity index (χ1v) is 22.4. The topological polar surface area (TPSA) is 162 Å². The molecule has 0 radical (unpaired) electrons. The van der Waals surface area contributed by atoms with E-state index in [0.29, 0.717) is 60.0 Å². The minimum atomic E-state index is -3.64. The summed E-state index contributed by atoms with van der Waals surface area (Å²) in [5.74, 6) is -1.40. The Labute approximate surface area is 346 Å². The molecule has 15 heteroatoms. The van der Waals surface area contributed by atoms with Crippen LogP contribution in [0.15, 0.2) is 89.8 Å². The highest BCUT2D eigenvalue weighted by Crippen LogP contribution is 2.27. The lowest BCUT2D eigenvalue weighted by Gasteiger charge is -2.24. The van der Waals surface area contributed by atoms with Crippen molar-refractivity contribution in [1.82, 2.24) is 20.3 Å². The van der Waals surface area contributed by atoms with Gasteiger partial charge in [0.15, 0.2) is 0 Å². The number of fused-ring (bicyclic) bond motifs is 2. The third kappa shape index (κ3) is 12.1. The molecule has 0 saturated carbocycles. The number of nitrogens with zero attached hydrogens (tertiary/aromatic N) is 1. The van der Waals surface area contributed by atoms with Gasteiger partial charge < -0.3 is 21.1 Å². The van der Waals surface area contributed by atoms with Gasteiger partial charge in [-0.05, 0) is 103 Å². The summed E-state index contributed by atoms with van der Waals surface area (Å²) in [4.78, 5) is 50.9. The van der Waals surface area contributed by atoms with E-state index in [1.165, 1.54) is 39.1 Å². The maximum absolute atomic E-state index is 13.3. The number of thiophene rings is 2. The van der Waals surface area contributed by atoms with Crippen LogP contribution < -0.4 is 16.0 Å². The van der Waals surface area contributed by atoms with E-state index in [9.17, 15) is 27.6 Å². The van der Waals surface area contributed by atoms with E-state index in [1.54, 1.807) is 18.2 Å². The maximum Gasteiger partial charge on any atom is 0.326 e. The van der Waals surface area contributed by atoms with Crippen LogP contribution in [0.5, 0.6) is 0 Å². The molecule has 1 aliphatic heterocycles. The molecule has 4 N–H and O–H groups in total. The smallest absolute Gasteiger partial charge is 0.326 e. The Morgan fingerprint density at radius 1 is 0.754 bits per heavy atom. The van der Waals surface area contributed by atoms with Crippen molar-refractivity contribution in [2.45, 2.75) is 82.8 Å². The zero-order valence-electron chi connectivity index (χ0n) is 32.4. The Morgan fingerprint density at radius 3 is 1.77 bits per heavy atom. The molecule has 1 aliphatic rings. The van der Waals surface area contributed by atoms with Crippen molar-refractivity contribution >= 4 is 88.2 Å². The number of carboxylic acid groups (broad SMARTS) is 1. The summed E-state index contributed by atoms with van der Waals surface area (Å²) < 4.78 is 29.7. The van der Waals surface area contributed by atoms with Crippen molar-refractivity contribution in [3.8, 4) is 0 Å². The summed E-state index contributed by atoms with van der Waals surface area (Å²) in [6.45, 7) is 8.57. The van der Waals surface area contributed by atoms with Gasteiger partial charge in [-0.2, -0.15) is 4.31 Å². The van der Waals surface area contributed by atoms with Gasteiger partial charge in [0.05, 0.1) is 14.6 Å². The summed E-state index contributed by atoms with van der Waals surface area (Å²) in [6.07, 6.45) is 2.72. The molecule has 0 spiro atoms. The Hall–Kier alpha value is -4.34. The van der Waals surface area contributed by atoms with Crippen LogP contribution in [-0.4, -0.2) is 72.7 Å². The van der Waals surface area contributed by atoms with Crippen molar-refractivity contribution in [2.24, 2.45) is 11.8 Å². The average Bonchev–Trinajstić information content (AvgIpc) is 3.73. The number of aliphatic carboxylic acids is 1. The second-order valence-corrected chi connectivity index (χ2v) is 19.5. The van der Waals surface area contributed by atoms with E-state index in [-0.39, 0.29) is 40.5 Å². The molecule has 1 unspecified atom stereocenters. The summed E-state index contributed by atoms with van der Waals surface area (Å²) in [7, 11) is -3.64. The van der Waals surface area contributed by atoms with Crippen molar-refractivity contribution < 1.29 is 32.7 Å². The van der Waals surface area contributed by atoms with E-state index in [1.807, 2.05) is 82.3 Å². The Bertz CT molecular complexity index is 2220. The first-order chi connectivity index (χ1) is 27.1. The normalized spacial score (nSPS) is 16.0. The van der Waals surface area contributed by atoms with E-state index in [0.717, 1.165) is 20.2 Å². The molecular weight excluding hydrogens is 804 g/mol. The van der Waals surface area contributed by atoms with Crippen LogP contribution >= 0.6 is 34.3 Å². The third-order valence-electron chi connectivity index (χ3n) is 9.42. The molecule has 3 aromatic carbocycles. The minimum absolute atomic E-state index is 0.172. The van der Waals surface area contributed by atoms with Gasteiger partial charge in [0, 0.05) is 33.6 Å². The van der Waals surface area contributed by atoms with Crippen molar-refractivity contribution in [3.63, 3.8) is 0 Å². The lowest BCUT2D eigenvalue weighted by atomic mass is 10.0. The van der Waals surface area contributed by atoms with Gasteiger partial charge in [0.1, 0.15) is 12.1 Å². The summed E-state index contributed by atoms with van der Waals surface area (Å²) in [5.41, 5.74) is 0. The van der Waals surface area contributed by atoms with Gasteiger partial charge in [-0.25, -0.2) is 13.2 Å². The fourth-order valence-corrected chi connectivity index (χ4v) is 10.1. The van der Waals surface area contributed by atoms with Gasteiger partial charge >= 0.3 is 5.97 Å². The lowest BCUT2D eigenvalue weighted by Crippen LogP contribution is -2.50. The second-order valence-electron chi connectivity index (χ2n) is 14.9. The fraction of sp³-hybridized carbons (Fsp3) is 0.381. The number of sulfonamides is 1. The van der Waals surface area contributed by atoms with Gasteiger partial charge in [-0.3, -0.25) is 14.4 Å². The van der Waals surface area contributed by atoms with Crippen LogP contribution in [0.4, 0.5) is 0 Å². The third-order valence-corrected chi connectivity index (χ3v) is 13.8. The molecule has 3 atom stereocenters. The zero-order chi connectivity index (χ0) is 41.3. The molecule has 2 aromatic heterocycles. The van der Waals surface area contributed by atoms with Crippen molar-refractivity contribution in [3.05, 3.63) is 99.7 Å². The minimum Gasteiger partial charge on any atom is -0.480 e. The molecule has 5 aromatic rings. The van der Waals surface area contributed by atoms with Crippen LogP contribution in [0.2, 0.25) is 5.02 Å². The molecular formula is C42H49ClN4O7S3. The second kappa shape index (κ2) is 19.9. The Kier molecular flexibility index (Phi) is 15.3. The van der Waals surface area contributed by atoms with Crippen LogP contribution in [0.3, 0.4) is 0 Å². The number of carbonyl (C=O) groups excluding carboxylic acids is 3. The van der Waals surface area contributed by atoms with Gasteiger partial charge in [0.2, 0.25) is 15.9 Å². The number of carbonyl (C=O) groups is 4. The highest BCUT2D eigenvalue weighted by Gasteiger charge is 2.30. The predicted molar refractivity (Wildman–Crippen MR) is 229 cm³/mol. The van der Waals surface area contributed by atoms with Crippen molar-refractivity contribution in [2.75, 3.05) is 13.1 Å². The number of amides is 3. The largest absolute Gasteiger partial charge is 0.480 e. The molecule has 0 bridgehead atoms. The average molecular weight is 854 g/mol. The molecule has 0 aliphatic carbocycles. The van der Waals surface area contributed by atoms with Gasteiger partial charge in [-0.1, -0.05) is 75.7 Å². The zero-order valence-corrected chi connectivity index (χ0v) is 35.6. The number of halogens is 1. The van der Waals surface area contributed by atoms with E-state index in [2.05, 4.69) is 16.0 Å². The van der Waals surface area contributed by atoms with Gasteiger partial charge in [0.25, 0.3) is 11.8 Å². The monoisotopic (exact) mass is 852 g/mol. The first kappa shape index (κ1) is 43.8. The number of hydrogen-bond donors (Lipinski definition) is 4.